The third-order valence-electron chi connectivity index (χ3n) is 4.63. The molecule has 0 atom stereocenters. The van der Waals surface area contributed by atoms with E-state index in [4.69, 9.17) is 14.6 Å². The highest BCUT2D eigenvalue weighted by Gasteiger charge is 2.15. The first kappa shape index (κ1) is 24.7. The number of nitrogens with zero attached hydrogens (tertiary/aromatic N) is 1. The number of ether oxygens (including phenoxy) is 2. The number of hydrogen-bond acceptors (Lipinski definition) is 5. The minimum absolute atomic E-state index is 0.0269. The highest BCUT2D eigenvalue weighted by Crippen LogP contribution is 2.35. The Hall–Kier alpha value is -3.91. The lowest BCUT2D eigenvalue weighted by Crippen LogP contribution is -2.14. The summed E-state index contributed by atoms with van der Waals surface area (Å²) in [5, 5.41) is 20.8. The molecule has 172 valence electrons. The Balaban J connectivity index is 1.80. The number of methoxy groups -OCH3 is 1. The second-order valence-corrected chi connectivity index (χ2v) is 8.09. The standard InChI is InChI=1S/C25H18FIN2O5/c1-33-22-12-16(10-18(13-28)24(30)29-21-5-3-2-4-19(21)26)11-20(27)23(22)34-14-15-6-8-17(9-7-15)25(31)32/h2-12H,14H2,1H3,(H,29,30)(H,31,32)/b18-10-. The SMILES string of the molecule is COc1cc(/C=C(/C#N)C(=O)Nc2ccccc2F)cc(I)c1OCc1ccc(C(=O)O)cc1. The number of benzene rings is 3. The number of hydrogen-bond donors (Lipinski definition) is 2. The summed E-state index contributed by atoms with van der Waals surface area (Å²) in [5.74, 6) is -1.52. The van der Waals surface area contributed by atoms with E-state index < -0.39 is 17.7 Å². The predicted molar refractivity (Wildman–Crippen MR) is 132 cm³/mol. The van der Waals surface area contributed by atoms with E-state index in [2.05, 4.69) is 5.32 Å². The molecule has 3 aromatic rings. The van der Waals surface area contributed by atoms with Crippen LogP contribution in [0.5, 0.6) is 11.5 Å². The number of halogens is 2. The lowest BCUT2D eigenvalue weighted by molar-refractivity contribution is -0.112. The van der Waals surface area contributed by atoms with E-state index in [0.717, 1.165) is 5.56 Å². The van der Waals surface area contributed by atoms with Crippen molar-refractivity contribution in [2.45, 2.75) is 6.61 Å². The number of carbonyl (C=O) groups excluding carboxylic acids is 1. The van der Waals surface area contributed by atoms with Crippen LogP contribution >= 0.6 is 22.6 Å². The Kier molecular flexibility index (Phi) is 8.21. The summed E-state index contributed by atoms with van der Waals surface area (Å²) in [5.41, 5.74) is 1.22. The molecular formula is C25H18FIN2O5. The summed E-state index contributed by atoms with van der Waals surface area (Å²) in [6, 6.07) is 17.1. The molecule has 34 heavy (non-hydrogen) atoms. The van der Waals surface area contributed by atoms with Crippen LogP contribution in [0.4, 0.5) is 10.1 Å². The minimum atomic E-state index is -1.01. The second-order valence-electron chi connectivity index (χ2n) is 6.93. The zero-order valence-electron chi connectivity index (χ0n) is 17.8. The second kappa shape index (κ2) is 11.3. The number of aromatic carboxylic acids is 1. The van der Waals surface area contributed by atoms with Gasteiger partial charge in [-0.05, 0) is 76.2 Å². The molecule has 0 fully saturated rings. The molecule has 0 bridgehead atoms. The van der Waals surface area contributed by atoms with Gasteiger partial charge in [-0.25, -0.2) is 9.18 Å². The zero-order valence-corrected chi connectivity index (χ0v) is 20.0. The Labute approximate surface area is 208 Å². The molecule has 0 saturated carbocycles. The number of para-hydroxylation sites is 1. The van der Waals surface area contributed by atoms with Crippen molar-refractivity contribution in [3.8, 4) is 17.6 Å². The van der Waals surface area contributed by atoms with Crippen molar-refractivity contribution < 1.29 is 28.6 Å². The van der Waals surface area contributed by atoms with Crippen molar-refractivity contribution in [3.05, 3.63) is 92.3 Å². The van der Waals surface area contributed by atoms with Crippen molar-refractivity contribution in [1.29, 1.82) is 5.26 Å². The summed E-state index contributed by atoms with van der Waals surface area (Å²) in [6.45, 7) is 0.177. The average Bonchev–Trinajstić information content (AvgIpc) is 2.83. The molecule has 0 saturated heterocycles. The van der Waals surface area contributed by atoms with Gasteiger partial charge in [-0.3, -0.25) is 4.79 Å². The van der Waals surface area contributed by atoms with Crippen LogP contribution in [0.3, 0.4) is 0 Å². The van der Waals surface area contributed by atoms with Gasteiger partial charge < -0.3 is 19.9 Å². The Morgan fingerprint density at radius 2 is 1.88 bits per heavy atom. The van der Waals surface area contributed by atoms with E-state index >= 15 is 0 Å². The van der Waals surface area contributed by atoms with Gasteiger partial charge in [0.25, 0.3) is 5.91 Å². The molecule has 1 amide bonds. The quantitative estimate of drug-likeness (QED) is 0.217. The van der Waals surface area contributed by atoms with E-state index in [-0.39, 0.29) is 23.4 Å². The van der Waals surface area contributed by atoms with Gasteiger partial charge in [0.05, 0.1) is 21.9 Å². The molecule has 0 unspecified atom stereocenters. The molecule has 3 aromatic carbocycles. The monoisotopic (exact) mass is 572 g/mol. The van der Waals surface area contributed by atoms with E-state index in [1.165, 1.54) is 43.5 Å². The molecule has 0 spiro atoms. The minimum Gasteiger partial charge on any atom is -0.493 e. The highest BCUT2D eigenvalue weighted by atomic mass is 127. The molecule has 0 aromatic heterocycles. The zero-order chi connectivity index (χ0) is 24.7. The maximum atomic E-state index is 13.8. The van der Waals surface area contributed by atoms with Crippen LogP contribution in [-0.4, -0.2) is 24.1 Å². The van der Waals surface area contributed by atoms with E-state index in [1.807, 2.05) is 28.7 Å². The van der Waals surface area contributed by atoms with Crippen LogP contribution in [0.2, 0.25) is 0 Å². The average molecular weight is 572 g/mol. The smallest absolute Gasteiger partial charge is 0.335 e. The first-order valence-electron chi connectivity index (χ1n) is 9.82. The van der Waals surface area contributed by atoms with Gasteiger partial charge in [0.2, 0.25) is 0 Å². The number of anilines is 1. The highest BCUT2D eigenvalue weighted by molar-refractivity contribution is 14.1. The number of carbonyl (C=O) groups is 2. The third-order valence-corrected chi connectivity index (χ3v) is 5.44. The number of nitriles is 1. The largest absolute Gasteiger partial charge is 0.493 e. The fourth-order valence-electron chi connectivity index (χ4n) is 2.93. The lowest BCUT2D eigenvalue weighted by atomic mass is 10.1. The molecule has 7 nitrogen and oxygen atoms in total. The first-order chi connectivity index (χ1) is 16.3. The maximum absolute atomic E-state index is 13.8. The van der Waals surface area contributed by atoms with Gasteiger partial charge in [0, 0.05) is 0 Å². The summed E-state index contributed by atoms with van der Waals surface area (Å²) in [6.07, 6.45) is 1.37. The van der Waals surface area contributed by atoms with Crippen LogP contribution in [0.1, 0.15) is 21.5 Å². The van der Waals surface area contributed by atoms with Crippen LogP contribution in [0.15, 0.2) is 66.2 Å². The van der Waals surface area contributed by atoms with E-state index in [1.54, 1.807) is 30.3 Å². The number of amides is 1. The van der Waals surface area contributed by atoms with Gasteiger partial charge in [-0.15, -0.1) is 0 Å². The van der Waals surface area contributed by atoms with Crippen molar-refractivity contribution in [1.82, 2.24) is 0 Å². The van der Waals surface area contributed by atoms with Crippen LogP contribution in [-0.2, 0) is 11.4 Å². The normalized spacial score (nSPS) is 10.8. The van der Waals surface area contributed by atoms with Crippen molar-refractivity contribution >= 4 is 46.2 Å². The van der Waals surface area contributed by atoms with Crippen LogP contribution in [0, 0.1) is 20.7 Å². The maximum Gasteiger partial charge on any atom is 0.335 e. The molecular weight excluding hydrogens is 554 g/mol. The van der Waals surface area contributed by atoms with Gasteiger partial charge >= 0.3 is 5.97 Å². The number of rotatable bonds is 8. The first-order valence-corrected chi connectivity index (χ1v) is 10.9. The van der Waals surface area contributed by atoms with Crippen LogP contribution in [0.25, 0.3) is 6.08 Å². The summed E-state index contributed by atoms with van der Waals surface area (Å²) < 4.78 is 25.8. The molecule has 0 radical (unpaired) electrons. The molecule has 0 aliphatic rings. The summed E-state index contributed by atoms with van der Waals surface area (Å²) in [7, 11) is 1.46. The van der Waals surface area contributed by atoms with Gasteiger partial charge in [-0.2, -0.15) is 5.26 Å². The summed E-state index contributed by atoms with van der Waals surface area (Å²) >= 11 is 2.05. The Bertz CT molecular complexity index is 1300. The topological polar surface area (TPSA) is 109 Å². The fraction of sp³-hybridized carbons (Fsp3) is 0.0800. The van der Waals surface area contributed by atoms with E-state index in [9.17, 15) is 19.2 Å². The molecule has 0 heterocycles. The Morgan fingerprint density at radius 1 is 1.18 bits per heavy atom. The van der Waals surface area contributed by atoms with Crippen molar-refractivity contribution in [2.75, 3.05) is 12.4 Å². The van der Waals surface area contributed by atoms with Gasteiger partial charge in [0.1, 0.15) is 24.1 Å². The molecule has 3 rings (SSSR count). The predicted octanol–water partition coefficient (Wildman–Crippen LogP) is 5.26. The third kappa shape index (κ3) is 6.11. The van der Waals surface area contributed by atoms with E-state index in [0.29, 0.717) is 20.6 Å². The number of carboxylic acids is 1. The molecule has 0 aliphatic heterocycles. The fourth-order valence-corrected chi connectivity index (χ4v) is 3.71. The molecule has 9 heteroatoms. The molecule has 2 N–H and O–H groups in total. The number of carboxylic acid groups (broad SMARTS) is 1. The lowest BCUT2D eigenvalue weighted by Gasteiger charge is -2.14. The summed E-state index contributed by atoms with van der Waals surface area (Å²) in [4.78, 5) is 23.5. The molecule has 0 aliphatic carbocycles. The van der Waals surface area contributed by atoms with Gasteiger partial charge in [0.15, 0.2) is 11.5 Å². The van der Waals surface area contributed by atoms with Crippen molar-refractivity contribution in [3.63, 3.8) is 0 Å². The Morgan fingerprint density at radius 3 is 2.50 bits per heavy atom. The van der Waals surface area contributed by atoms with Crippen LogP contribution < -0.4 is 14.8 Å². The number of nitrogens with one attached hydrogen (secondary N) is 1. The van der Waals surface area contributed by atoms with Crippen molar-refractivity contribution in [2.24, 2.45) is 0 Å². The van der Waals surface area contributed by atoms with Gasteiger partial charge in [-0.1, -0.05) is 24.3 Å².